The van der Waals surface area contributed by atoms with Crippen LogP contribution in [0.2, 0.25) is 0 Å². The smallest absolute Gasteiger partial charge is 0.355 e. The zero-order valence-corrected chi connectivity index (χ0v) is 10.4. The molecule has 0 aliphatic heterocycles. The molecule has 0 fully saturated rings. The molecule has 0 aliphatic carbocycles. The Hall–Kier alpha value is -2.30. The number of rotatable bonds is 3. The molecule has 0 unspecified atom stereocenters. The SMILES string of the molecule is CCOC(=O)c1cc(N)c(-c2ccccn2)n1C. The summed E-state index contributed by atoms with van der Waals surface area (Å²) in [6, 6.07) is 7.16. The molecule has 0 amide bonds. The third-order valence-electron chi connectivity index (χ3n) is 2.65. The number of hydrogen-bond donors (Lipinski definition) is 1. The van der Waals surface area contributed by atoms with Crippen molar-refractivity contribution in [2.45, 2.75) is 6.92 Å². The third kappa shape index (κ3) is 2.07. The van der Waals surface area contributed by atoms with E-state index >= 15 is 0 Å². The summed E-state index contributed by atoms with van der Waals surface area (Å²) < 4.78 is 6.68. The number of nitrogens with two attached hydrogens (primary N) is 1. The van der Waals surface area contributed by atoms with Crippen molar-refractivity contribution in [3.05, 3.63) is 36.2 Å². The minimum Gasteiger partial charge on any atom is -0.461 e. The summed E-state index contributed by atoms with van der Waals surface area (Å²) in [5.41, 5.74) is 8.33. The van der Waals surface area contributed by atoms with Crippen LogP contribution in [0.25, 0.3) is 11.4 Å². The molecule has 18 heavy (non-hydrogen) atoms. The molecule has 0 aromatic carbocycles. The summed E-state index contributed by atoms with van der Waals surface area (Å²) in [6.45, 7) is 2.10. The largest absolute Gasteiger partial charge is 0.461 e. The number of nitrogen functional groups attached to an aromatic ring is 1. The quantitative estimate of drug-likeness (QED) is 0.838. The van der Waals surface area contributed by atoms with Gasteiger partial charge >= 0.3 is 5.97 Å². The maximum absolute atomic E-state index is 11.7. The minimum absolute atomic E-state index is 0.336. The summed E-state index contributed by atoms with van der Waals surface area (Å²) in [4.78, 5) is 16.0. The van der Waals surface area contributed by atoms with Crippen molar-refractivity contribution in [3.8, 4) is 11.4 Å². The Bertz CT molecular complexity index is 561. The fourth-order valence-electron chi connectivity index (χ4n) is 1.85. The lowest BCUT2D eigenvalue weighted by Gasteiger charge is -2.07. The van der Waals surface area contributed by atoms with Gasteiger partial charge in [0.1, 0.15) is 5.69 Å². The molecular weight excluding hydrogens is 230 g/mol. The summed E-state index contributed by atoms with van der Waals surface area (Å²) in [5, 5.41) is 0. The summed E-state index contributed by atoms with van der Waals surface area (Å²) in [5.74, 6) is -0.381. The Morgan fingerprint density at radius 2 is 2.28 bits per heavy atom. The number of esters is 1. The maximum atomic E-state index is 11.7. The number of pyridine rings is 1. The zero-order chi connectivity index (χ0) is 13.1. The van der Waals surface area contributed by atoms with Gasteiger partial charge in [-0.2, -0.15) is 0 Å². The lowest BCUT2D eigenvalue weighted by molar-refractivity contribution is 0.0515. The Labute approximate surface area is 105 Å². The van der Waals surface area contributed by atoms with Crippen LogP contribution < -0.4 is 5.73 Å². The first-order valence-electron chi connectivity index (χ1n) is 5.68. The predicted octanol–water partition coefficient (Wildman–Crippen LogP) is 1.85. The van der Waals surface area contributed by atoms with E-state index in [1.165, 1.54) is 0 Å². The van der Waals surface area contributed by atoms with Gasteiger partial charge in [-0.25, -0.2) is 4.79 Å². The lowest BCUT2D eigenvalue weighted by atomic mass is 10.2. The second-order valence-electron chi connectivity index (χ2n) is 3.83. The van der Waals surface area contributed by atoms with E-state index in [1.807, 2.05) is 18.2 Å². The Kier molecular flexibility index (Phi) is 3.32. The number of anilines is 1. The highest BCUT2D eigenvalue weighted by Gasteiger charge is 2.18. The van der Waals surface area contributed by atoms with Gasteiger partial charge in [0.15, 0.2) is 0 Å². The van der Waals surface area contributed by atoms with Crippen LogP contribution in [0.4, 0.5) is 5.69 Å². The topological polar surface area (TPSA) is 70.1 Å². The monoisotopic (exact) mass is 245 g/mol. The molecule has 0 atom stereocenters. The van der Waals surface area contributed by atoms with E-state index in [0.717, 1.165) is 11.4 Å². The highest BCUT2D eigenvalue weighted by atomic mass is 16.5. The van der Waals surface area contributed by atoms with E-state index in [-0.39, 0.29) is 5.97 Å². The van der Waals surface area contributed by atoms with E-state index in [9.17, 15) is 4.79 Å². The van der Waals surface area contributed by atoms with Gasteiger partial charge in [0.05, 0.1) is 23.7 Å². The molecule has 5 heteroatoms. The van der Waals surface area contributed by atoms with E-state index in [1.54, 1.807) is 30.8 Å². The highest BCUT2D eigenvalue weighted by Crippen LogP contribution is 2.27. The third-order valence-corrected chi connectivity index (χ3v) is 2.65. The lowest BCUT2D eigenvalue weighted by Crippen LogP contribution is -2.10. The first kappa shape index (κ1) is 12.2. The van der Waals surface area contributed by atoms with Gasteiger partial charge in [0.25, 0.3) is 0 Å². The summed E-state index contributed by atoms with van der Waals surface area (Å²) in [7, 11) is 1.77. The van der Waals surface area contributed by atoms with Crippen LogP contribution in [-0.2, 0) is 11.8 Å². The van der Waals surface area contributed by atoms with Gasteiger partial charge in [-0.05, 0) is 25.1 Å². The van der Waals surface area contributed by atoms with Gasteiger partial charge in [-0.3, -0.25) is 4.98 Å². The maximum Gasteiger partial charge on any atom is 0.355 e. The summed E-state index contributed by atoms with van der Waals surface area (Å²) >= 11 is 0. The van der Waals surface area contributed by atoms with Crippen molar-refractivity contribution in [1.29, 1.82) is 0 Å². The van der Waals surface area contributed by atoms with Gasteiger partial charge in [-0.1, -0.05) is 6.07 Å². The Morgan fingerprint density at radius 3 is 2.89 bits per heavy atom. The van der Waals surface area contributed by atoms with Crippen LogP contribution in [0.15, 0.2) is 30.5 Å². The second-order valence-corrected chi connectivity index (χ2v) is 3.83. The fourth-order valence-corrected chi connectivity index (χ4v) is 1.85. The Morgan fingerprint density at radius 1 is 1.50 bits per heavy atom. The Balaban J connectivity index is 2.48. The average molecular weight is 245 g/mol. The van der Waals surface area contributed by atoms with Crippen molar-refractivity contribution in [2.24, 2.45) is 7.05 Å². The number of carbonyl (C=O) groups excluding carboxylic acids is 1. The van der Waals surface area contributed by atoms with Crippen LogP contribution in [-0.4, -0.2) is 22.1 Å². The molecule has 0 saturated heterocycles. The molecule has 2 aromatic heterocycles. The van der Waals surface area contributed by atoms with Gasteiger partial charge < -0.3 is 15.0 Å². The van der Waals surface area contributed by atoms with Crippen LogP contribution in [0.1, 0.15) is 17.4 Å². The molecule has 2 aromatic rings. The number of hydrogen-bond acceptors (Lipinski definition) is 4. The standard InChI is InChI=1S/C13H15N3O2/c1-3-18-13(17)11-8-9(14)12(16(11)2)10-6-4-5-7-15-10/h4-8H,3,14H2,1-2H3. The average Bonchev–Trinajstić information content (AvgIpc) is 2.66. The van der Waals surface area contributed by atoms with Crippen molar-refractivity contribution in [2.75, 3.05) is 12.3 Å². The van der Waals surface area contributed by atoms with Gasteiger partial charge in [-0.15, -0.1) is 0 Å². The molecular formula is C13H15N3O2. The fraction of sp³-hybridized carbons (Fsp3) is 0.231. The van der Waals surface area contributed by atoms with Crippen molar-refractivity contribution in [1.82, 2.24) is 9.55 Å². The molecule has 2 N–H and O–H groups in total. The van der Waals surface area contributed by atoms with E-state index in [0.29, 0.717) is 18.0 Å². The number of nitrogens with zero attached hydrogens (tertiary/aromatic N) is 2. The number of carbonyl (C=O) groups is 1. The van der Waals surface area contributed by atoms with Gasteiger partial charge in [0.2, 0.25) is 0 Å². The molecule has 0 bridgehead atoms. The molecule has 94 valence electrons. The molecule has 0 spiro atoms. The van der Waals surface area contributed by atoms with E-state index in [4.69, 9.17) is 10.5 Å². The molecule has 2 rings (SSSR count). The van der Waals surface area contributed by atoms with Crippen molar-refractivity contribution in [3.63, 3.8) is 0 Å². The molecule has 2 heterocycles. The summed E-state index contributed by atoms with van der Waals surface area (Å²) in [6.07, 6.45) is 1.69. The van der Waals surface area contributed by atoms with Crippen LogP contribution in [0, 0.1) is 0 Å². The van der Waals surface area contributed by atoms with Crippen LogP contribution in [0.3, 0.4) is 0 Å². The van der Waals surface area contributed by atoms with Crippen molar-refractivity contribution >= 4 is 11.7 Å². The van der Waals surface area contributed by atoms with Crippen LogP contribution >= 0.6 is 0 Å². The predicted molar refractivity (Wildman–Crippen MR) is 69.0 cm³/mol. The number of aromatic nitrogens is 2. The zero-order valence-electron chi connectivity index (χ0n) is 10.4. The molecule has 0 radical (unpaired) electrons. The number of ether oxygens (including phenoxy) is 1. The highest BCUT2D eigenvalue weighted by molar-refractivity contribution is 5.92. The van der Waals surface area contributed by atoms with Gasteiger partial charge in [0, 0.05) is 13.2 Å². The molecule has 0 saturated carbocycles. The molecule has 5 nitrogen and oxygen atoms in total. The first-order valence-corrected chi connectivity index (χ1v) is 5.68. The normalized spacial score (nSPS) is 10.3. The van der Waals surface area contributed by atoms with Crippen LogP contribution in [0.5, 0.6) is 0 Å². The minimum atomic E-state index is -0.381. The second kappa shape index (κ2) is 4.91. The van der Waals surface area contributed by atoms with Crippen molar-refractivity contribution < 1.29 is 9.53 Å². The first-order chi connectivity index (χ1) is 8.65. The van der Waals surface area contributed by atoms with E-state index < -0.39 is 0 Å². The van der Waals surface area contributed by atoms with E-state index in [2.05, 4.69) is 4.98 Å². The molecule has 0 aliphatic rings.